The Bertz CT molecular complexity index is 525. The molecule has 0 fully saturated rings. The van der Waals surface area contributed by atoms with E-state index in [1.54, 1.807) is 0 Å². The van der Waals surface area contributed by atoms with Crippen LogP contribution in [0.25, 0.3) is 0 Å². The van der Waals surface area contributed by atoms with Crippen molar-refractivity contribution in [2.24, 2.45) is 5.73 Å². The Morgan fingerprint density at radius 3 is 2.83 bits per heavy atom. The molecule has 4 nitrogen and oxygen atoms in total. The summed E-state index contributed by atoms with van der Waals surface area (Å²) < 4.78 is 11.7. The molecule has 0 radical (unpaired) electrons. The summed E-state index contributed by atoms with van der Waals surface area (Å²) in [5.74, 6) is 1.50. The number of aryl methyl sites for hydroxylation is 1. The molecule has 0 unspecified atom stereocenters. The fraction of sp³-hybridized carbons (Fsp3) is 0.308. The van der Waals surface area contributed by atoms with E-state index in [2.05, 4.69) is 21.1 Å². The number of nitrogens with zero attached hydrogens (tertiary/aromatic N) is 1. The van der Waals surface area contributed by atoms with Crippen molar-refractivity contribution in [2.75, 3.05) is 6.54 Å². The maximum Gasteiger partial charge on any atom is 0.174 e. The van der Waals surface area contributed by atoms with Gasteiger partial charge in [-0.2, -0.15) is 0 Å². The fourth-order valence-corrected chi connectivity index (χ4v) is 2.16. The monoisotopic (exact) mass is 310 g/mol. The average Bonchev–Trinajstić information content (AvgIpc) is 2.74. The molecule has 1 aromatic carbocycles. The molecule has 5 heteroatoms. The Morgan fingerprint density at radius 1 is 1.39 bits per heavy atom. The molecule has 0 saturated carbocycles. The standard InChI is InChI=1S/C13H15BrN2O2/c1-9-6-11(18-16-9)8-17-13-3-2-10(4-5-15)7-12(13)14/h2-3,6-7H,4-5,8,15H2,1H3. The lowest BCUT2D eigenvalue weighted by molar-refractivity contribution is 0.247. The normalized spacial score (nSPS) is 10.6. The zero-order chi connectivity index (χ0) is 13.0. The average molecular weight is 311 g/mol. The second-order valence-electron chi connectivity index (χ2n) is 4.03. The number of halogens is 1. The van der Waals surface area contributed by atoms with Gasteiger partial charge in [-0.1, -0.05) is 11.2 Å². The predicted octanol–water partition coefficient (Wildman–Crippen LogP) is 2.83. The molecule has 0 aliphatic heterocycles. The van der Waals surface area contributed by atoms with Gasteiger partial charge in [-0.15, -0.1) is 0 Å². The van der Waals surface area contributed by atoms with Gasteiger partial charge in [-0.25, -0.2) is 0 Å². The van der Waals surface area contributed by atoms with Gasteiger partial charge >= 0.3 is 0 Å². The predicted molar refractivity (Wildman–Crippen MR) is 72.5 cm³/mol. The molecular weight excluding hydrogens is 296 g/mol. The summed E-state index contributed by atoms with van der Waals surface area (Å²) in [6.07, 6.45) is 0.861. The van der Waals surface area contributed by atoms with Crippen molar-refractivity contribution >= 4 is 15.9 Å². The van der Waals surface area contributed by atoms with Crippen LogP contribution in [-0.4, -0.2) is 11.7 Å². The summed E-state index contributed by atoms with van der Waals surface area (Å²) in [4.78, 5) is 0. The van der Waals surface area contributed by atoms with E-state index in [1.165, 1.54) is 5.56 Å². The minimum atomic E-state index is 0.371. The largest absolute Gasteiger partial charge is 0.484 e. The molecule has 0 saturated heterocycles. The van der Waals surface area contributed by atoms with Crippen molar-refractivity contribution in [2.45, 2.75) is 20.0 Å². The van der Waals surface area contributed by atoms with Crippen LogP contribution in [0.1, 0.15) is 17.0 Å². The van der Waals surface area contributed by atoms with Crippen molar-refractivity contribution in [3.05, 3.63) is 45.8 Å². The molecule has 0 bridgehead atoms. The van der Waals surface area contributed by atoms with Crippen molar-refractivity contribution in [3.8, 4) is 5.75 Å². The fourth-order valence-electron chi connectivity index (χ4n) is 1.62. The van der Waals surface area contributed by atoms with Crippen molar-refractivity contribution in [1.29, 1.82) is 0 Å². The Labute approximate surface area is 114 Å². The number of ether oxygens (including phenoxy) is 1. The van der Waals surface area contributed by atoms with Gasteiger partial charge < -0.3 is 15.0 Å². The Kier molecular flexibility index (Phi) is 4.38. The molecular formula is C13H15BrN2O2. The highest BCUT2D eigenvalue weighted by Crippen LogP contribution is 2.27. The summed E-state index contributed by atoms with van der Waals surface area (Å²) in [5.41, 5.74) is 7.56. The Morgan fingerprint density at radius 2 is 2.22 bits per heavy atom. The molecule has 0 aliphatic rings. The minimum absolute atomic E-state index is 0.371. The van der Waals surface area contributed by atoms with E-state index in [4.69, 9.17) is 15.0 Å². The zero-order valence-corrected chi connectivity index (χ0v) is 11.7. The second kappa shape index (κ2) is 6.02. The summed E-state index contributed by atoms with van der Waals surface area (Å²) in [6, 6.07) is 7.82. The molecule has 2 aromatic rings. The lowest BCUT2D eigenvalue weighted by Crippen LogP contribution is -2.03. The van der Waals surface area contributed by atoms with Gasteiger partial charge in [0, 0.05) is 6.07 Å². The molecule has 0 spiro atoms. The van der Waals surface area contributed by atoms with Crippen LogP contribution in [0.3, 0.4) is 0 Å². The smallest absolute Gasteiger partial charge is 0.174 e. The number of rotatable bonds is 5. The third-order valence-electron chi connectivity index (χ3n) is 2.48. The van der Waals surface area contributed by atoms with Crippen molar-refractivity contribution in [3.63, 3.8) is 0 Å². The maximum absolute atomic E-state index is 5.66. The molecule has 0 aliphatic carbocycles. The molecule has 2 rings (SSSR count). The zero-order valence-electron chi connectivity index (χ0n) is 10.1. The highest BCUT2D eigenvalue weighted by molar-refractivity contribution is 9.10. The number of hydrogen-bond donors (Lipinski definition) is 1. The van der Waals surface area contributed by atoms with Crippen LogP contribution in [0.15, 0.2) is 33.3 Å². The number of nitrogens with two attached hydrogens (primary N) is 1. The van der Waals surface area contributed by atoms with Crippen LogP contribution >= 0.6 is 15.9 Å². The van der Waals surface area contributed by atoms with E-state index in [9.17, 15) is 0 Å². The minimum Gasteiger partial charge on any atom is -0.484 e. The van der Waals surface area contributed by atoms with Crippen molar-refractivity contribution < 1.29 is 9.26 Å². The SMILES string of the molecule is Cc1cc(COc2ccc(CCN)cc2Br)on1. The van der Waals surface area contributed by atoms with Gasteiger partial charge in [0.15, 0.2) is 5.76 Å². The molecule has 18 heavy (non-hydrogen) atoms. The highest BCUT2D eigenvalue weighted by Gasteiger charge is 2.05. The van der Waals surface area contributed by atoms with E-state index >= 15 is 0 Å². The summed E-state index contributed by atoms with van der Waals surface area (Å²) in [6.45, 7) is 2.89. The lowest BCUT2D eigenvalue weighted by atomic mass is 10.1. The second-order valence-corrected chi connectivity index (χ2v) is 4.88. The van der Waals surface area contributed by atoms with E-state index in [-0.39, 0.29) is 0 Å². The maximum atomic E-state index is 5.66. The third-order valence-corrected chi connectivity index (χ3v) is 3.10. The van der Waals surface area contributed by atoms with Crippen LogP contribution in [0.5, 0.6) is 5.75 Å². The van der Waals surface area contributed by atoms with Crippen molar-refractivity contribution in [1.82, 2.24) is 5.16 Å². The highest BCUT2D eigenvalue weighted by atomic mass is 79.9. The molecule has 1 aromatic heterocycles. The number of hydrogen-bond acceptors (Lipinski definition) is 4. The Balaban J connectivity index is 2.01. The van der Waals surface area contributed by atoms with Gasteiger partial charge in [0.25, 0.3) is 0 Å². The summed E-state index contributed by atoms with van der Waals surface area (Å²) >= 11 is 3.48. The molecule has 2 N–H and O–H groups in total. The van der Waals surface area contributed by atoms with Gasteiger partial charge in [0.05, 0.1) is 10.2 Å². The van der Waals surface area contributed by atoms with Gasteiger partial charge in [0.2, 0.25) is 0 Å². The van der Waals surface area contributed by atoms with E-state index in [1.807, 2.05) is 31.2 Å². The molecule has 96 valence electrons. The van der Waals surface area contributed by atoms with Crippen LogP contribution in [0.2, 0.25) is 0 Å². The van der Waals surface area contributed by atoms with Gasteiger partial charge in [-0.3, -0.25) is 0 Å². The molecule has 0 amide bonds. The number of benzene rings is 1. The van der Waals surface area contributed by atoms with Gasteiger partial charge in [-0.05, 0) is 53.5 Å². The third kappa shape index (κ3) is 3.34. The van der Waals surface area contributed by atoms with Gasteiger partial charge in [0.1, 0.15) is 12.4 Å². The van der Waals surface area contributed by atoms with Crippen LogP contribution in [0, 0.1) is 6.92 Å². The Hall–Kier alpha value is -1.33. The lowest BCUT2D eigenvalue weighted by Gasteiger charge is -2.08. The van der Waals surface area contributed by atoms with Crippen LogP contribution in [-0.2, 0) is 13.0 Å². The molecule has 0 atom stereocenters. The van der Waals surface area contributed by atoms with E-state index in [0.717, 1.165) is 22.3 Å². The topological polar surface area (TPSA) is 61.3 Å². The summed E-state index contributed by atoms with van der Waals surface area (Å²) in [5, 5.41) is 3.81. The molecule has 1 heterocycles. The quantitative estimate of drug-likeness (QED) is 0.922. The van der Waals surface area contributed by atoms with Crippen LogP contribution in [0.4, 0.5) is 0 Å². The number of aromatic nitrogens is 1. The first-order valence-corrected chi connectivity index (χ1v) is 6.52. The van der Waals surface area contributed by atoms with Crippen LogP contribution < -0.4 is 10.5 Å². The first-order chi connectivity index (χ1) is 8.69. The first kappa shape index (κ1) is 13.1. The van der Waals surface area contributed by atoms with E-state index < -0.39 is 0 Å². The van der Waals surface area contributed by atoms with E-state index in [0.29, 0.717) is 18.9 Å². The summed E-state index contributed by atoms with van der Waals surface area (Å²) in [7, 11) is 0. The first-order valence-electron chi connectivity index (χ1n) is 5.72.